The van der Waals surface area contributed by atoms with Crippen molar-refractivity contribution in [3.63, 3.8) is 0 Å². The van der Waals surface area contributed by atoms with Crippen LogP contribution < -0.4 is 0 Å². The number of carbonyl (C=O) groups excluding carboxylic acids is 1. The molecule has 0 rings (SSSR count). The van der Waals surface area contributed by atoms with Gasteiger partial charge in [0.15, 0.2) is 6.29 Å². The van der Waals surface area contributed by atoms with Crippen molar-refractivity contribution < 1.29 is 28.8 Å². The zero-order valence-corrected chi connectivity index (χ0v) is 12.2. The highest BCUT2D eigenvalue weighted by Gasteiger charge is 2.03. The lowest BCUT2D eigenvalue weighted by Crippen LogP contribution is -2.17. The van der Waals surface area contributed by atoms with Gasteiger partial charge in [-0.15, -0.1) is 0 Å². The fraction of sp³-hybridized carbons (Fsp3) is 0.643. The normalized spacial score (nSPS) is 11.9. The average Bonchev–Trinajstić information content (AvgIpc) is 2.39. The van der Waals surface area contributed by atoms with Crippen molar-refractivity contribution in [2.24, 2.45) is 0 Å². The van der Waals surface area contributed by atoms with Gasteiger partial charge < -0.3 is 24.1 Å². The Hall–Kier alpha value is -1.21. The van der Waals surface area contributed by atoms with E-state index in [2.05, 4.69) is 13.2 Å². The standard InChI is InChI=1S/C14H24O6/c1-11(2)13(15)19-9-7-17-5-6-18-8-10-20-14(16)12(3)4/h13,15H,1,3,5-10H2,2,4H3. The van der Waals surface area contributed by atoms with Crippen LogP contribution in [-0.2, 0) is 23.7 Å². The van der Waals surface area contributed by atoms with Crippen molar-refractivity contribution in [2.45, 2.75) is 20.1 Å². The van der Waals surface area contributed by atoms with Crippen molar-refractivity contribution >= 4 is 5.97 Å². The largest absolute Gasteiger partial charge is 0.460 e. The van der Waals surface area contributed by atoms with E-state index >= 15 is 0 Å². The Balaban J connectivity index is 3.23. The first-order chi connectivity index (χ1) is 9.45. The van der Waals surface area contributed by atoms with Gasteiger partial charge in [0.25, 0.3) is 0 Å². The van der Waals surface area contributed by atoms with Gasteiger partial charge in [0.2, 0.25) is 0 Å². The first-order valence-corrected chi connectivity index (χ1v) is 6.38. The minimum Gasteiger partial charge on any atom is -0.460 e. The highest BCUT2D eigenvalue weighted by Crippen LogP contribution is 1.98. The van der Waals surface area contributed by atoms with Gasteiger partial charge in [-0.2, -0.15) is 0 Å². The Morgan fingerprint density at radius 1 is 1.00 bits per heavy atom. The van der Waals surface area contributed by atoms with E-state index in [4.69, 9.17) is 18.9 Å². The van der Waals surface area contributed by atoms with Crippen LogP contribution in [0.5, 0.6) is 0 Å². The second-order valence-electron chi connectivity index (χ2n) is 4.21. The van der Waals surface area contributed by atoms with E-state index in [1.54, 1.807) is 13.8 Å². The number of ether oxygens (including phenoxy) is 4. The highest BCUT2D eigenvalue weighted by atomic mass is 16.6. The molecule has 0 spiro atoms. The summed E-state index contributed by atoms with van der Waals surface area (Å²) in [6.45, 7) is 12.2. The Bertz CT molecular complexity index is 313. The number of esters is 1. The van der Waals surface area contributed by atoms with Crippen LogP contribution in [0.2, 0.25) is 0 Å². The van der Waals surface area contributed by atoms with E-state index in [-0.39, 0.29) is 13.2 Å². The molecule has 0 radical (unpaired) electrons. The van der Waals surface area contributed by atoms with Crippen LogP contribution in [0.1, 0.15) is 13.8 Å². The molecular formula is C14H24O6. The molecule has 6 nitrogen and oxygen atoms in total. The molecule has 0 amide bonds. The third-order valence-corrected chi connectivity index (χ3v) is 2.11. The minimum absolute atomic E-state index is 0.194. The maximum Gasteiger partial charge on any atom is 0.333 e. The molecule has 116 valence electrons. The number of aliphatic hydroxyl groups excluding tert-OH is 1. The molecule has 0 aromatic carbocycles. The lowest BCUT2D eigenvalue weighted by atomic mass is 10.3. The summed E-state index contributed by atoms with van der Waals surface area (Å²) < 4.78 is 20.3. The molecule has 0 aliphatic rings. The van der Waals surface area contributed by atoms with Crippen molar-refractivity contribution in [3.05, 3.63) is 24.3 Å². The van der Waals surface area contributed by atoms with Gasteiger partial charge in [0.1, 0.15) is 6.61 Å². The highest BCUT2D eigenvalue weighted by molar-refractivity contribution is 5.86. The SMILES string of the molecule is C=C(C)C(=O)OCCOCCOCCOC(O)C(=C)C. The van der Waals surface area contributed by atoms with Crippen molar-refractivity contribution in [2.75, 3.05) is 39.6 Å². The number of hydrogen-bond donors (Lipinski definition) is 1. The summed E-state index contributed by atoms with van der Waals surface area (Å²) >= 11 is 0. The molecule has 0 aromatic rings. The zero-order valence-electron chi connectivity index (χ0n) is 12.2. The quantitative estimate of drug-likeness (QED) is 0.190. The molecular weight excluding hydrogens is 264 g/mol. The molecule has 0 aromatic heterocycles. The Morgan fingerprint density at radius 3 is 2.00 bits per heavy atom. The van der Waals surface area contributed by atoms with E-state index in [1.807, 2.05) is 0 Å². The molecule has 0 saturated heterocycles. The summed E-state index contributed by atoms with van der Waals surface area (Å²) in [5.41, 5.74) is 0.919. The average molecular weight is 288 g/mol. The first-order valence-electron chi connectivity index (χ1n) is 6.38. The van der Waals surface area contributed by atoms with Crippen molar-refractivity contribution in [1.82, 2.24) is 0 Å². The number of rotatable bonds is 12. The maximum absolute atomic E-state index is 11.0. The van der Waals surface area contributed by atoms with Crippen molar-refractivity contribution in [3.8, 4) is 0 Å². The van der Waals surface area contributed by atoms with E-state index in [0.29, 0.717) is 37.6 Å². The Labute approximate surface area is 120 Å². The van der Waals surface area contributed by atoms with Gasteiger partial charge in [-0.05, 0) is 19.4 Å². The van der Waals surface area contributed by atoms with Gasteiger partial charge in [-0.1, -0.05) is 13.2 Å². The van der Waals surface area contributed by atoms with E-state index in [1.165, 1.54) is 0 Å². The fourth-order valence-corrected chi connectivity index (χ4v) is 0.999. The zero-order chi connectivity index (χ0) is 15.4. The first kappa shape index (κ1) is 18.8. The molecule has 1 unspecified atom stereocenters. The summed E-state index contributed by atoms with van der Waals surface area (Å²) in [5, 5.41) is 9.26. The summed E-state index contributed by atoms with van der Waals surface area (Å²) in [7, 11) is 0. The topological polar surface area (TPSA) is 74.2 Å². The third kappa shape index (κ3) is 10.7. The Kier molecular flexibility index (Phi) is 10.9. The van der Waals surface area contributed by atoms with E-state index < -0.39 is 12.3 Å². The number of aliphatic hydroxyl groups is 1. The second kappa shape index (κ2) is 11.6. The maximum atomic E-state index is 11.0. The Morgan fingerprint density at radius 2 is 1.50 bits per heavy atom. The van der Waals surface area contributed by atoms with Crippen LogP contribution in [0.3, 0.4) is 0 Å². The summed E-state index contributed by atoms with van der Waals surface area (Å²) in [6, 6.07) is 0. The van der Waals surface area contributed by atoms with Crippen LogP contribution in [0.4, 0.5) is 0 Å². The van der Waals surface area contributed by atoms with Crippen LogP contribution in [0.15, 0.2) is 24.3 Å². The molecule has 0 heterocycles. The summed E-state index contributed by atoms with van der Waals surface area (Å²) in [5.74, 6) is -0.418. The number of carbonyl (C=O) groups is 1. The molecule has 0 aliphatic carbocycles. The van der Waals surface area contributed by atoms with Crippen LogP contribution in [-0.4, -0.2) is 57.0 Å². The molecule has 20 heavy (non-hydrogen) atoms. The molecule has 1 N–H and O–H groups in total. The smallest absolute Gasteiger partial charge is 0.333 e. The third-order valence-electron chi connectivity index (χ3n) is 2.11. The monoisotopic (exact) mass is 288 g/mol. The second-order valence-corrected chi connectivity index (χ2v) is 4.21. The van der Waals surface area contributed by atoms with Gasteiger partial charge in [0, 0.05) is 5.57 Å². The van der Waals surface area contributed by atoms with Gasteiger partial charge in [-0.25, -0.2) is 4.79 Å². The lowest BCUT2D eigenvalue weighted by Gasteiger charge is -2.11. The van der Waals surface area contributed by atoms with Crippen molar-refractivity contribution in [1.29, 1.82) is 0 Å². The molecule has 0 bridgehead atoms. The minimum atomic E-state index is -0.946. The van der Waals surface area contributed by atoms with E-state index in [9.17, 15) is 9.90 Å². The fourth-order valence-electron chi connectivity index (χ4n) is 0.999. The lowest BCUT2D eigenvalue weighted by molar-refractivity contribution is -0.140. The van der Waals surface area contributed by atoms with Gasteiger partial charge in [0.05, 0.1) is 33.0 Å². The van der Waals surface area contributed by atoms with Gasteiger partial charge >= 0.3 is 5.97 Å². The molecule has 0 aliphatic heterocycles. The van der Waals surface area contributed by atoms with Crippen LogP contribution in [0, 0.1) is 0 Å². The molecule has 0 fully saturated rings. The molecule has 6 heteroatoms. The predicted octanol–water partition coefficient (Wildman–Crippen LogP) is 1.05. The molecule has 1 atom stereocenters. The summed E-state index contributed by atoms with van der Waals surface area (Å²) in [4.78, 5) is 11.0. The predicted molar refractivity (Wildman–Crippen MR) is 74.2 cm³/mol. The summed E-state index contributed by atoms with van der Waals surface area (Å²) in [6.07, 6.45) is -0.946. The van der Waals surface area contributed by atoms with E-state index in [0.717, 1.165) is 0 Å². The van der Waals surface area contributed by atoms with Crippen LogP contribution in [0.25, 0.3) is 0 Å². The van der Waals surface area contributed by atoms with Crippen LogP contribution >= 0.6 is 0 Å². The number of hydrogen-bond acceptors (Lipinski definition) is 6. The van der Waals surface area contributed by atoms with Gasteiger partial charge in [-0.3, -0.25) is 0 Å². The molecule has 0 saturated carbocycles.